The minimum absolute atomic E-state index is 0.247. The molecule has 3 aromatic rings. The van der Waals surface area contributed by atoms with E-state index in [9.17, 15) is 4.79 Å². The van der Waals surface area contributed by atoms with Crippen molar-refractivity contribution in [2.24, 2.45) is 7.05 Å². The van der Waals surface area contributed by atoms with Gasteiger partial charge in [-0.2, -0.15) is 5.10 Å². The van der Waals surface area contributed by atoms with Gasteiger partial charge in [0.1, 0.15) is 0 Å². The Kier molecular flexibility index (Phi) is 3.49. The first kappa shape index (κ1) is 13.4. The first-order valence-electron chi connectivity index (χ1n) is 6.31. The van der Waals surface area contributed by atoms with Crippen molar-refractivity contribution in [3.63, 3.8) is 0 Å². The van der Waals surface area contributed by atoms with Gasteiger partial charge in [0.05, 0.1) is 5.69 Å². The molecule has 21 heavy (non-hydrogen) atoms. The third kappa shape index (κ3) is 2.82. The number of amides is 1. The van der Waals surface area contributed by atoms with Crippen molar-refractivity contribution >= 4 is 22.4 Å². The molecular formula is C14H13N5OS. The maximum absolute atomic E-state index is 12.2. The van der Waals surface area contributed by atoms with E-state index in [-0.39, 0.29) is 5.91 Å². The summed E-state index contributed by atoms with van der Waals surface area (Å²) in [6.45, 7) is 1.85. The van der Waals surface area contributed by atoms with Crippen LogP contribution in [0.1, 0.15) is 16.1 Å². The van der Waals surface area contributed by atoms with E-state index in [4.69, 9.17) is 0 Å². The van der Waals surface area contributed by atoms with E-state index in [0.29, 0.717) is 10.8 Å². The summed E-state index contributed by atoms with van der Waals surface area (Å²) in [6.07, 6.45) is 5.23. The average molecular weight is 299 g/mol. The molecule has 0 saturated carbocycles. The van der Waals surface area contributed by atoms with Gasteiger partial charge < -0.3 is 0 Å². The number of carbonyl (C=O) groups excluding carboxylic acids is 1. The minimum Gasteiger partial charge on any atom is -0.296 e. The smallest absolute Gasteiger partial charge is 0.278 e. The number of hydrogen-bond acceptors (Lipinski definition) is 5. The molecule has 0 fully saturated rings. The Labute approximate surface area is 125 Å². The van der Waals surface area contributed by atoms with Crippen molar-refractivity contribution in [1.29, 1.82) is 0 Å². The molecule has 1 N–H and O–H groups in total. The molecule has 0 aliphatic rings. The molecule has 3 rings (SSSR count). The van der Waals surface area contributed by atoms with Gasteiger partial charge in [-0.15, -0.1) is 11.3 Å². The van der Waals surface area contributed by atoms with Gasteiger partial charge in [0.15, 0.2) is 10.8 Å². The highest BCUT2D eigenvalue weighted by Crippen LogP contribution is 2.24. The SMILES string of the molecule is Cc1cn(C)nc1C(=O)Nc1nc(-c2ccncc2)cs1. The predicted molar refractivity (Wildman–Crippen MR) is 81.2 cm³/mol. The molecule has 7 heteroatoms. The molecule has 0 aliphatic heterocycles. The summed E-state index contributed by atoms with van der Waals surface area (Å²) in [5.41, 5.74) is 3.03. The summed E-state index contributed by atoms with van der Waals surface area (Å²) in [7, 11) is 1.79. The fourth-order valence-electron chi connectivity index (χ4n) is 1.97. The third-order valence-electron chi connectivity index (χ3n) is 2.93. The number of aryl methyl sites for hydroxylation is 2. The molecule has 0 bridgehead atoms. The number of aromatic nitrogens is 4. The summed E-state index contributed by atoms with van der Waals surface area (Å²) in [6, 6.07) is 3.76. The van der Waals surface area contributed by atoms with Gasteiger partial charge in [-0.05, 0) is 19.1 Å². The summed E-state index contributed by atoms with van der Waals surface area (Å²) >= 11 is 1.38. The Hall–Kier alpha value is -2.54. The van der Waals surface area contributed by atoms with Gasteiger partial charge in [-0.25, -0.2) is 4.98 Å². The summed E-state index contributed by atoms with van der Waals surface area (Å²) in [4.78, 5) is 20.5. The van der Waals surface area contributed by atoms with Crippen LogP contribution in [0, 0.1) is 6.92 Å². The molecule has 0 radical (unpaired) electrons. The Morgan fingerprint density at radius 1 is 1.33 bits per heavy atom. The number of hydrogen-bond donors (Lipinski definition) is 1. The molecule has 0 saturated heterocycles. The van der Waals surface area contributed by atoms with E-state index >= 15 is 0 Å². The van der Waals surface area contributed by atoms with E-state index in [1.54, 1.807) is 30.3 Å². The number of carbonyl (C=O) groups is 1. The number of thiazole rings is 1. The van der Waals surface area contributed by atoms with Crippen LogP contribution in [0.15, 0.2) is 36.1 Å². The Morgan fingerprint density at radius 2 is 2.10 bits per heavy atom. The predicted octanol–water partition coefficient (Wildman–Crippen LogP) is 2.50. The van der Waals surface area contributed by atoms with Crippen LogP contribution in [0.4, 0.5) is 5.13 Å². The number of rotatable bonds is 3. The lowest BCUT2D eigenvalue weighted by Crippen LogP contribution is -2.14. The second-order valence-corrected chi connectivity index (χ2v) is 5.42. The molecule has 3 aromatic heterocycles. The highest BCUT2D eigenvalue weighted by atomic mass is 32.1. The van der Waals surface area contributed by atoms with E-state index < -0.39 is 0 Å². The second-order valence-electron chi connectivity index (χ2n) is 4.56. The first-order valence-corrected chi connectivity index (χ1v) is 7.19. The Morgan fingerprint density at radius 3 is 2.76 bits per heavy atom. The molecule has 0 unspecified atom stereocenters. The number of anilines is 1. The second kappa shape index (κ2) is 5.45. The minimum atomic E-state index is -0.247. The average Bonchev–Trinajstić information content (AvgIpc) is 3.06. The van der Waals surface area contributed by atoms with E-state index in [1.807, 2.05) is 24.4 Å². The summed E-state index contributed by atoms with van der Waals surface area (Å²) in [5, 5.41) is 9.38. The quantitative estimate of drug-likeness (QED) is 0.806. The maximum Gasteiger partial charge on any atom is 0.278 e. The molecule has 1 amide bonds. The zero-order chi connectivity index (χ0) is 14.8. The molecule has 0 aliphatic carbocycles. The van der Waals surface area contributed by atoms with E-state index in [1.165, 1.54) is 11.3 Å². The fraction of sp³-hybridized carbons (Fsp3) is 0.143. The van der Waals surface area contributed by atoms with Crippen LogP contribution in [-0.4, -0.2) is 25.7 Å². The highest BCUT2D eigenvalue weighted by molar-refractivity contribution is 7.14. The zero-order valence-corrected chi connectivity index (χ0v) is 12.4. The third-order valence-corrected chi connectivity index (χ3v) is 3.69. The van der Waals surface area contributed by atoms with Crippen LogP contribution in [0.5, 0.6) is 0 Å². The Balaban J connectivity index is 1.79. The van der Waals surface area contributed by atoms with Crippen LogP contribution in [0.2, 0.25) is 0 Å². The molecule has 0 spiro atoms. The fourth-order valence-corrected chi connectivity index (χ4v) is 2.69. The lowest BCUT2D eigenvalue weighted by Gasteiger charge is -1.99. The van der Waals surface area contributed by atoms with Crippen LogP contribution < -0.4 is 5.32 Å². The van der Waals surface area contributed by atoms with Crippen LogP contribution in [-0.2, 0) is 7.05 Å². The molecule has 106 valence electrons. The lowest BCUT2D eigenvalue weighted by atomic mass is 10.2. The standard InChI is InChI=1S/C14H13N5OS/c1-9-7-19(2)18-12(9)13(20)17-14-16-11(8-21-14)10-3-5-15-6-4-10/h3-8H,1-2H3,(H,16,17,20). The number of nitrogens with one attached hydrogen (secondary N) is 1. The van der Waals surface area contributed by atoms with Crippen LogP contribution in [0.3, 0.4) is 0 Å². The normalized spacial score (nSPS) is 10.6. The molecular weight excluding hydrogens is 286 g/mol. The van der Waals surface area contributed by atoms with Gasteiger partial charge in [0.2, 0.25) is 0 Å². The van der Waals surface area contributed by atoms with Crippen LogP contribution in [0.25, 0.3) is 11.3 Å². The highest BCUT2D eigenvalue weighted by Gasteiger charge is 2.15. The van der Waals surface area contributed by atoms with Crippen molar-refractivity contribution in [3.05, 3.63) is 47.4 Å². The monoisotopic (exact) mass is 299 g/mol. The van der Waals surface area contributed by atoms with Gasteiger partial charge in [-0.3, -0.25) is 19.8 Å². The van der Waals surface area contributed by atoms with Crippen LogP contribution >= 0.6 is 11.3 Å². The molecule has 0 aromatic carbocycles. The Bertz CT molecular complexity index is 778. The molecule has 0 atom stereocenters. The maximum atomic E-state index is 12.2. The van der Waals surface area contributed by atoms with Gasteiger partial charge in [-0.1, -0.05) is 0 Å². The topological polar surface area (TPSA) is 72.7 Å². The summed E-state index contributed by atoms with van der Waals surface area (Å²) < 4.78 is 1.62. The zero-order valence-electron chi connectivity index (χ0n) is 11.6. The summed E-state index contributed by atoms with van der Waals surface area (Å²) in [5.74, 6) is -0.247. The molecule has 6 nitrogen and oxygen atoms in total. The van der Waals surface area contributed by atoms with E-state index in [0.717, 1.165) is 16.8 Å². The van der Waals surface area contributed by atoms with Gasteiger partial charge in [0, 0.05) is 42.1 Å². The number of pyridine rings is 1. The van der Waals surface area contributed by atoms with Crippen molar-refractivity contribution in [2.45, 2.75) is 6.92 Å². The van der Waals surface area contributed by atoms with Gasteiger partial charge >= 0.3 is 0 Å². The lowest BCUT2D eigenvalue weighted by molar-refractivity contribution is 0.102. The van der Waals surface area contributed by atoms with Gasteiger partial charge in [0.25, 0.3) is 5.91 Å². The number of nitrogens with zero attached hydrogens (tertiary/aromatic N) is 4. The van der Waals surface area contributed by atoms with Crippen molar-refractivity contribution < 1.29 is 4.79 Å². The van der Waals surface area contributed by atoms with Crippen molar-refractivity contribution in [3.8, 4) is 11.3 Å². The van der Waals surface area contributed by atoms with Crippen molar-refractivity contribution in [1.82, 2.24) is 19.7 Å². The first-order chi connectivity index (χ1) is 10.1. The largest absolute Gasteiger partial charge is 0.296 e. The molecule has 3 heterocycles. The van der Waals surface area contributed by atoms with E-state index in [2.05, 4.69) is 20.4 Å². The van der Waals surface area contributed by atoms with Crippen molar-refractivity contribution in [2.75, 3.05) is 5.32 Å².